The number of esters is 1. The predicted octanol–water partition coefficient (Wildman–Crippen LogP) is 4.74. The van der Waals surface area contributed by atoms with E-state index in [1.807, 2.05) is 0 Å². The van der Waals surface area contributed by atoms with E-state index in [0.29, 0.717) is 18.4 Å². The third-order valence-corrected chi connectivity index (χ3v) is 7.81. The second-order valence-electron chi connectivity index (χ2n) is 10.0. The number of benzene rings is 1. The minimum Gasteiger partial charge on any atom is -0.465 e. The number of hydrogen-bond donors (Lipinski definition) is 1. The molecule has 3 nitrogen and oxygen atoms in total. The Kier molecular flexibility index (Phi) is 4.65. The summed E-state index contributed by atoms with van der Waals surface area (Å²) in [6, 6.07) is 7.02. The lowest BCUT2D eigenvalue weighted by atomic mass is 9.49. The lowest BCUT2D eigenvalue weighted by Gasteiger charge is -2.57. The average molecular weight is 371 g/mol. The van der Waals surface area contributed by atoms with Gasteiger partial charge >= 0.3 is 5.97 Å². The molecule has 0 aliphatic heterocycles. The minimum atomic E-state index is -0.404. The summed E-state index contributed by atoms with van der Waals surface area (Å²) in [6.45, 7) is 9.36. The molecule has 0 saturated heterocycles. The van der Waals surface area contributed by atoms with Gasteiger partial charge in [-0.1, -0.05) is 45.9 Å². The zero-order valence-corrected chi connectivity index (χ0v) is 17.3. The summed E-state index contributed by atoms with van der Waals surface area (Å²) in [7, 11) is 0. The Balaban J connectivity index is 1.64. The quantitative estimate of drug-likeness (QED) is 0.779. The van der Waals surface area contributed by atoms with Gasteiger partial charge in [0.25, 0.3) is 0 Å². The number of rotatable bonds is 4. The number of ether oxygens (including phenoxy) is 1. The highest BCUT2D eigenvalue weighted by Crippen LogP contribution is 2.57. The first-order chi connectivity index (χ1) is 12.8. The molecule has 3 heteroatoms. The molecule has 0 spiro atoms. The van der Waals surface area contributed by atoms with Gasteiger partial charge in [-0.25, -0.2) is 0 Å². The predicted molar refractivity (Wildman–Crippen MR) is 107 cm³/mol. The molecule has 0 amide bonds. The van der Waals surface area contributed by atoms with Crippen LogP contribution < -0.4 is 0 Å². The molecule has 1 aromatic rings. The van der Waals surface area contributed by atoms with E-state index in [2.05, 4.69) is 45.9 Å². The van der Waals surface area contributed by atoms with Gasteiger partial charge in [0.05, 0.1) is 18.6 Å². The average Bonchev–Trinajstić information content (AvgIpc) is 3.48. The van der Waals surface area contributed by atoms with E-state index in [4.69, 9.17) is 4.74 Å². The van der Waals surface area contributed by atoms with Gasteiger partial charge in [0.1, 0.15) is 0 Å². The van der Waals surface area contributed by atoms with Crippen LogP contribution in [0.3, 0.4) is 0 Å². The van der Waals surface area contributed by atoms with Gasteiger partial charge < -0.3 is 9.84 Å². The van der Waals surface area contributed by atoms with E-state index in [0.717, 1.165) is 38.5 Å². The van der Waals surface area contributed by atoms with Crippen LogP contribution in [0.1, 0.15) is 82.4 Å². The molecule has 0 aromatic heterocycles. The molecule has 2 saturated carbocycles. The summed E-state index contributed by atoms with van der Waals surface area (Å²) in [6.07, 6.45) is 5.40. The summed E-state index contributed by atoms with van der Waals surface area (Å²) in [5.74, 6) is 0.926. The molecule has 2 fully saturated rings. The molecule has 0 radical (unpaired) electrons. The third kappa shape index (κ3) is 3.12. The number of hydrogen-bond acceptors (Lipinski definition) is 3. The highest BCUT2D eigenvalue weighted by Gasteiger charge is 2.56. The summed E-state index contributed by atoms with van der Waals surface area (Å²) in [5.41, 5.74) is 4.02. The van der Waals surface area contributed by atoms with Gasteiger partial charge in [-0.3, -0.25) is 4.79 Å². The van der Waals surface area contributed by atoms with Crippen LogP contribution in [0.5, 0.6) is 0 Å². The van der Waals surface area contributed by atoms with Crippen molar-refractivity contribution in [1.82, 2.24) is 0 Å². The van der Waals surface area contributed by atoms with E-state index in [1.54, 1.807) is 0 Å². The fourth-order valence-electron chi connectivity index (χ4n) is 5.77. The third-order valence-electron chi connectivity index (χ3n) is 7.81. The summed E-state index contributed by atoms with van der Waals surface area (Å²) >= 11 is 0. The van der Waals surface area contributed by atoms with Crippen LogP contribution in [0.15, 0.2) is 18.2 Å². The first-order valence-corrected chi connectivity index (χ1v) is 10.7. The van der Waals surface area contributed by atoms with Crippen LogP contribution >= 0.6 is 0 Å². The van der Waals surface area contributed by atoms with Crippen LogP contribution in [0.4, 0.5) is 0 Å². The van der Waals surface area contributed by atoms with Crippen molar-refractivity contribution < 1.29 is 14.6 Å². The number of fused-ring (bicyclic) bond motifs is 3. The number of carbonyl (C=O) groups is 1. The molecule has 0 unspecified atom stereocenters. The van der Waals surface area contributed by atoms with Gasteiger partial charge in [-0.15, -0.1) is 0 Å². The first-order valence-electron chi connectivity index (χ1n) is 10.7. The van der Waals surface area contributed by atoms with Crippen molar-refractivity contribution in [2.45, 2.75) is 83.7 Å². The van der Waals surface area contributed by atoms with Gasteiger partial charge in [-0.05, 0) is 72.5 Å². The van der Waals surface area contributed by atoms with Crippen molar-refractivity contribution in [1.29, 1.82) is 0 Å². The van der Waals surface area contributed by atoms with Crippen molar-refractivity contribution in [3.8, 4) is 0 Å². The number of aliphatic hydroxyl groups is 1. The van der Waals surface area contributed by atoms with E-state index < -0.39 is 6.10 Å². The first kappa shape index (κ1) is 19.0. The van der Waals surface area contributed by atoms with E-state index in [-0.39, 0.29) is 22.7 Å². The Morgan fingerprint density at radius 1 is 1.22 bits per heavy atom. The van der Waals surface area contributed by atoms with Crippen molar-refractivity contribution in [2.24, 2.45) is 17.3 Å². The molecular weight excluding hydrogens is 336 g/mol. The standard InChI is InChI=1S/C24H34O3/c1-15(2)17-7-9-19-18(13-17)8-10-20-23(19,3)12-11-21(25)24(20,4)14-27-22(26)16-5-6-16/h7,9,13,15-16,20-21,25H,5-6,8,10-12,14H2,1-4H3/t20-,21+,23-,24-/m1/s1. The van der Waals surface area contributed by atoms with Gasteiger partial charge in [0.15, 0.2) is 0 Å². The van der Waals surface area contributed by atoms with Crippen molar-refractivity contribution in [3.05, 3.63) is 34.9 Å². The smallest absolute Gasteiger partial charge is 0.308 e. The Labute approximate surface area is 163 Å². The SMILES string of the molecule is CC(C)c1ccc2c(c1)CC[C@H]1[C@@](C)(COC(=O)C3CC3)[C@@H](O)CC[C@]21C. The maximum Gasteiger partial charge on any atom is 0.308 e. The normalized spacial score (nSPS) is 35.5. The maximum atomic E-state index is 12.1. The molecule has 1 aromatic carbocycles. The molecule has 0 heterocycles. The fraction of sp³-hybridized carbons (Fsp3) is 0.708. The molecular formula is C24H34O3. The number of aliphatic hydroxyl groups excluding tert-OH is 1. The highest BCUT2D eigenvalue weighted by atomic mass is 16.5. The number of aryl methyl sites for hydroxylation is 1. The molecule has 4 rings (SSSR count). The van der Waals surface area contributed by atoms with E-state index >= 15 is 0 Å². The van der Waals surface area contributed by atoms with Crippen LogP contribution in [0, 0.1) is 17.3 Å². The van der Waals surface area contributed by atoms with Crippen molar-refractivity contribution in [2.75, 3.05) is 6.61 Å². The van der Waals surface area contributed by atoms with Crippen LogP contribution in [-0.4, -0.2) is 23.8 Å². The molecule has 148 valence electrons. The molecule has 3 aliphatic carbocycles. The van der Waals surface area contributed by atoms with Crippen molar-refractivity contribution in [3.63, 3.8) is 0 Å². The Morgan fingerprint density at radius 3 is 2.63 bits per heavy atom. The van der Waals surface area contributed by atoms with Crippen LogP contribution in [0.25, 0.3) is 0 Å². The largest absolute Gasteiger partial charge is 0.465 e. The monoisotopic (exact) mass is 370 g/mol. The maximum absolute atomic E-state index is 12.1. The molecule has 4 atom stereocenters. The van der Waals surface area contributed by atoms with Gasteiger partial charge in [0.2, 0.25) is 0 Å². The van der Waals surface area contributed by atoms with Gasteiger partial charge in [0, 0.05) is 5.41 Å². The lowest BCUT2D eigenvalue weighted by Crippen LogP contribution is -2.57. The molecule has 1 N–H and O–H groups in total. The molecule has 0 bridgehead atoms. The second kappa shape index (κ2) is 6.62. The fourth-order valence-corrected chi connectivity index (χ4v) is 5.77. The summed E-state index contributed by atoms with van der Waals surface area (Å²) in [4.78, 5) is 12.1. The highest BCUT2D eigenvalue weighted by molar-refractivity contribution is 5.74. The van der Waals surface area contributed by atoms with Crippen LogP contribution in [0.2, 0.25) is 0 Å². The zero-order chi connectivity index (χ0) is 19.4. The second-order valence-corrected chi connectivity index (χ2v) is 10.0. The molecule has 3 aliphatic rings. The lowest BCUT2D eigenvalue weighted by molar-refractivity contribution is -0.162. The molecule has 27 heavy (non-hydrogen) atoms. The Bertz CT molecular complexity index is 735. The number of carbonyl (C=O) groups excluding carboxylic acids is 1. The minimum absolute atomic E-state index is 0.0447. The van der Waals surface area contributed by atoms with E-state index in [1.165, 1.54) is 16.7 Å². The topological polar surface area (TPSA) is 46.5 Å². The Hall–Kier alpha value is -1.35. The zero-order valence-electron chi connectivity index (χ0n) is 17.3. The van der Waals surface area contributed by atoms with Crippen LogP contribution in [-0.2, 0) is 21.4 Å². The summed E-state index contributed by atoms with van der Waals surface area (Å²) in [5, 5.41) is 10.9. The summed E-state index contributed by atoms with van der Waals surface area (Å²) < 4.78 is 5.71. The van der Waals surface area contributed by atoms with Gasteiger partial charge in [-0.2, -0.15) is 0 Å². The van der Waals surface area contributed by atoms with Crippen molar-refractivity contribution >= 4 is 5.97 Å². The van der Waals surface area contributed by atoms with E-state index in [9.17, 15) is 9.90 Å². The Morgan fingerprint density at radius 2 is 1.96 bits per heavy atom.